The maximum atomic E-state index is 12.1. The molecular formula is C12H23Cl2N3O2S2. The van der Waals surface area contributed by atoms with Gasteiger partial charge in [-0.1, -0.05) is 6.92 Å². The Morgan fingerprint density at radius 2 is 1.95 bits per heavy atom. The lowest BCUT2D eigenvalue weighted by Gasteiger charge is -2.26. The van der Waals surface area contributed by atoms with E-state index < -0.39 is 10.0 Å². The second kappa shape index (κ2) is 9.99. The summed E-state index contributed by atoms with van der Waals surface area (Å²) in [5, 5.41) is 3.28. The Balaban J connectivity index is 0.00000200. The van der Waals surface area contributed by atoms with Crippen molar-refractivity contribution in [3.8, 4) is 0 Å². The second-order valence-corrected chi connectivity index (χ2v) is 7.73. The highest BCUT2D eigenvalue weighted by Gasteiger charge is 2.17. The van der Waals surface area contributed by atoms with Crippen LogP contribution in [0.4, 0.5) is 0 Å². The third-order valence-corrected chi connectivity index (χ3v) is 6.36. The first kappa shape index (κ1) is 21.1. The monoisotopic (exact) mass is 375 g/mol. The van der Waals surface area contributed by atoms with E-state index in [1.54, 1.807) is 6.07 Å². The van der Waals surface area contributed by atoms with Crippen LogP contribution in [0.3, 0.4) is 0 Å². The van der Waals surface area contributed by atoms with E-state index in [0.717, 1.165) is 44.0 Å². The maximum Gasteiger partial charge on any atom is 0.250 e. The minimum Gasteiger partial charge on any atom is -0.314 e. The molecule has 0 aromatic carbocycles. The summed E-state index contributed by atoms with van der Waals surface area (Å²) in [7, 11) is -3.32. The van der Waals surface area contributed by atoms with E-state index in [1.807, 2.05) is 13.0 Å². The van der Waals surface area contributed by atoms with Gasteiger partial charge >= 0.3 is 0 Å². The van der Waals surface area contributed by atoms with Crippen LogP contribution in [0, 0.1) is 0 Å². The zero-order valence-electron chi connectivity index (χ0n) is 12.0. The number of hydrogen-bond donors (Lipinski definition) is 2. The van der Waals surface area contributed by atoms with Gasteiger partial charge in [0, 0.05) is 44.1 Å². The molecule has 0 saturated carbocycles. The van der Waals surface area contributed by atoms with Gasteiger partial charge in [0.05, 0.1) is 0 Å². The Bertz CT molecular complexity index is 502. The lowest BCUT2D eigenvalue weighted by molar-refractivity contribution is 0.245. The van der Waals surface area contributed by atoms with Gasteiger partial charge in [-0.3, -0.25) is 4.90 Å². The summed E-state index contributed by atoms with van der Waals surface area (Å²) < 4.78 is 27.2. The second-order valence-electron chi connectivity index (χ2n) is 4.56. The topological polar surface area (TPSA) is 61.4 Å². The smallest absolute Gasteiger partial charge is 0.250 e. The third kappa shape index (κ3) is 6.40. The van der Waals surface area contributed by atoms with Crippen LogP contribution in [-0.2, 0) is 16.4 Å². The van der Waals surface area contributed by atoms with Crippen molar-refractivity contribution < 1.29 is 8.42 Å². The van der Waals surface area contributed by atoms with Crippen LogP contribution in [0.15, 0.2) is 16.3 Å². The van der Waals surface area contributed by atoms with Crippen LogP contribution < -0.4 is 10.0 Å². The molecule has 21 heavy (non-hydrogen) atoms. The molecule has 0 atom stereocenters. The predicted molar refractivity (Wildman–Crippen MR) is 92.7 cm³/mol. The third-order valence-electron chi connectivity index (χ3n) is 3.18. The first-order valence-electron chi connectivity index (χ1n) is 6.63. The number of nitrogens with zero attached hydrogens (tertiary/aromatic N) is 1. The predicted octanol–water partition coefficient (Wildman–Crippen LogP) is 1.34. The molecule has 124 valence electrons. The summed E-state index contributed by atoms with van der Waals surface area (Å²) in [5.41, 5.74) is 0. The quantitative estimate of drug-likeness (QED) is 0.787. The van der Waals surface area contributed by atoms with Crippen LogP contribution >= 0.6 is 36.2 Å². The fraction of sp³-hybridized carbons (Fsp3) is 0.667. The zero-order chi connectivity index (χ0) is 13.7. The Hall–Kier alpha value is 0.110. The molecule has 1 aliphatic heterocycles. The van der Waals surface area contributed by atoms with Gasteiger partial charge in [0.2, 0.25) is 10.0 Å². The van der Waals surface area contributed by atoms with Gasteiger partial charge in [-0.05, 0) is 18.6 Å². The summed E-state index contributed by atoms with van der Waals surface area (Å²) >= 11 is 1.35. The summed E-state index contributed by atoms with van der Waals surface area (Å²) in [6, 6.07) is 3.58. The molecule has 1 aromatic rings. The average Bonchev–Trinajstić information content (AvgIpc) is 2.89. The van der Waals surface area contributed by atoms with E-state index in [-0.39, 0.29) is 24.8 Å². The molecule has 0 radical (unpaired) electrons. The maximum absolute atomic E-state index is 12.1. The molecule has 0 aliphatic carbocycles. The number of piperazine rings is 1. The van der Waals surface area contributed by atoms with Gasteiger partial charge in [-0.15, -0.1) is 36.2 Å². The lowest BCUT2D eigenvalue weighted by Crippen LogP contribution is -2.46. The molecule has 9 heteroatoms. The van der Waals surface area contributed by atoms with E-state index in [4.69, 9.17) is 0 Å². The average molecular weight is 376 g/mol. The van der Waals surface area contributed by atoms with Crippen molar-refractivity contribution in [3.05, 3.63) is 17.0 Å². The van der Waals surface area contributed by atoms with Crippen LogP contribution in [-0.4, -0.2) is 52.6 Å². The summed E-state index contributed by atoms with van der Waals surface area (Å²) in [6.07, 6.45) is 0.876. The lowest BCUT2D eigenvalue weighted by atomic mass is 10.3. The standard InChI is InChI=1S/C12H21N3O2S2.2ClH/c1-2-11-3-4-12(18-11)19(16,17)14-7-10-15-8-5-13-6-9-15;;/h3-4,13-14H,2,5-10H2,1H3;2*1H. The number of aryl methyl sites for hydroxylation is 1. The van der Waals surface area contributed by atoms with Crippen molar-refractivity contribution in [2.45, 2.75) is 17.6 Å². The zero-order valence-corrected chi connectivity index (χ0v) is 15.3. The minimum atomic E-state index is -3.32. The van der Waals surface area contributed by atoms with Crippen molar-refractivity contribution in [2.75, 3.05) is 39.3 Å². The van der Waals surface area contributed by atoms with Gasteiger partial charge in [-0.2, -0.15) is 0 Å². The molecule has 1 saturated heterocycles. The number of nitrogens with one attached hydrogen (secondary N) is 2. The van der Waals surface area contributed by atoms with Crippen molar-refractivity contribution >= 4 is 46.2 Å². The normalized spacial score (nSPS) is 16.0. The fourth-order valence-corrected chi connectivity index (χ4v) is 4.40. The first-order chi connectivity index (χ1) is 9.12. The Kier molecular flexibility index (Phi) is 10.0. The number of sulfonamides is 1. The van der Waals surface area contributed by atoms with Crippen LogP contribution in [0.2, 0.25) is 0 Å². The SMILES string of the molecule is CCc1ccc(S(=O)(=O)NCCN2CCNCC2)s1.Cl.Cl. The van der Waals surface area contributed by atoms with Gasteiger partial charge < -0.3 is 5.32 Å². The van der Waals surface area contributed by atoms with Crippen LogP contribution in [0.5, 0.6) is 0 Å². The van der Waals surface area contributed by atoms with Crippen molar-refractivity contribution in [1.82, 2.24) is 14.9 Å². The van der Waals surface area contributed by atoms with E-state index in [1.165, 1.54) is 11.3 Å². The molecule has 1 aliphatic rings. The molecule has 1 fully saturated rings. The Morgan fingerprint density at radius 1 is 1.29 bits per heavy atom. The highest BCUT2D eigenvalue weighted by Crippen LogP contribution is 2.21. The molecule has 0 amide bonds. The molecule has 5 nitrogen and oxygen atoms in total. The van der Waals surface area contributed by atoms with Gasteiger partial charge in [0.1, 0.15) is 4.21 Å². The van der Waals surface area contributed by atoms with E-state index in [0.29, 0.717) is 10.8 Å². The number of thiophene rings is 1. The minimum absolute atomic E-state index is 0. The molecule has 1 aromatic heterocycles. The molecule has 2 N–H and O–H groups in total. The van der Waals surface area contributed by atoms with Crippen molar-refractivity contribution in [1.29, 1.82) is 0 Å². The summed E-state index contributed by atoms with van der Waals surface area (Å²) in [4.78, 5) is 3.37. The Morgan fingerprint density at radius 3 is 2.52 bits per heavy atom. The van der Waals surface area contributed by atoms with Crippen LogP contribution in [0.25, 0.3) is 0 Å². The van der Waals surface area contributed by atoms with E-state index in [9.17, 15) is 8.42 Å². The first-order valence-corrected chi connectivity index (χ1v) is 8.93. The molecule has 2 rings (SSSR count). The fourth-order valence-electron chi connectivity index (χ4n) is 2.04. The van der Waals surface area contributed by atoms with Gasteiger partial charge in [-0.25, -0.2) is 13.1 Å². The van der Waals surface area contributed by atoms with Crippen molar-refractivity contribution in [2.24, 2.45) is 0 Å². The highest BCUT2D eigenvalue weighted by molar-refractivity contribution is 7.91. The molecule has 0 bridgehead atoms. The van der Waals surface area contributed by atoms with Crippen molar-refractivity contribution in [3.63, 3.8) is 0 Å². The number of rotatable bonds is 6. The summed E-state index contributed by atoms with van der Waals surface area (Å²) in [6.45, 7) is 7.21. The molecule has 2 heterocycles. The molecule has 0 unspecified atom stereocenters. The molecule has 0 spiro atoms. The van der Waals surface area contributed by atoms with Gasteiger partial charge in [0.15, 0.2) is 0 Å². The number of halogens is 2. The molecular weight excluding hydrogens is 353 g/mol. The van der Waals surface area contributed by atoms with Crippen LogP contribution in [0.1, 0.15) is 11.8 Å². The number of hydrogen-bond acceptors (Lipinski definition) is 5. The highest BCUT2D eigenvalue weighted by atomic mass is 35.5. The largest absolute Gasteiger partial charge is 0.314 e. The summed E-state index contributed by atoms with van der Waals surface area (Å²) in [5.74, 6) is 0. The van der Waals surface area contributed by atoms with E-state index in [2.05, 4.69) is 14.9 Å². The van der Waals surface area contributed by atoms with Gasteiger partial charge in [0.25, 0.3) is 0 Å². The Labute approximate surface area is 143 Å². The van der Waals surface area contributed by atoms with E-state index >= 15 is 0 Å².